The molecule has 3 amide bonds. The largest absolute Gasteiger partial charge is 0.366 e. The molecule has 6 nitrogen and oxygen atoms in total. The maximum absolute atomic E-state index is 12.7. The molecule has 2 saturated carbocycles. The van der Waals surface area contributed by atoms with Gasteiger partial charge in [0.2, 0.25) is 5.91 Å². The van der Waals surface area contributed by atoms with Crippen LogP contribution in [0.25, 0.3) is 0 Å². The van der Waals surface area contributed by atoms with Crippen LogP contribution in [-0.2, 0) is 22.6 Å². The minimum Gasteiger partial charge on any atom is -0.366 e. The van der Waals surface area contributed by atoms with Crippen molar-refractivity contribution in [2.75, 3.05) is 6.54 Å². The lowest BCUT2D eigenvalue weighted by molar-refractivity contribution is -0.146. The Balaban J connectivity index is 1.38. The van der Waals surface area contributed by atoms with Gasteiger partial charge >= 0.3 is 11.8 Å². The zero-order chi connectivity index (χ0) is 19.0. The molecule has 144 valence electrons. The molecule has 4 rings (SSSR count). The number of hydrogen-bond donors (Lipinski definition) is 2. The second-order valence-corrected chi connectivity index (χ2v) is 8.23. The lowest BCUT2D eigenvalue weighted by Gasteiger charge is -2.29. The molecule has 2 fully saturated rings. The molecule has 0 spiro atoms. The zero-order valence-electron chi connectivity index (χ0n) is 15.6. The highest BCUT2D eigenvalue weighted by Crippen LogP contribution is 2.42. The first kappa shape index (κ1) is 18.0. The fourth-order valence-electron chi connectivity index (χ4n) is 5.25. The van der Waals surface area contributed by atoms with E-state index < -0.39 is 17.7 Å². The average Bonchev–Trinajstić information content (AvgIpc) is 3.08. The molecule has 0 radical (unpaired) electrons. The van der Waals surface area contributed by atoms with Crippen molar-refractivity contribution in [3.05, 3.63) is 34.9 Å². The highest BCUT2D eigenvalue weighted by atomic mass is 16.2. The van der Waals surface area contributed by atoms with Gasteiger partial charge < -0.3 is 16.0 Å². The van der Waals surface area contributed by atoms with Gasteiger partial charge in [-0.25, -0.2) is 0 Å². The summed E-state index contributed by atoms with van der Waals surface area (Å²) in [5.41, 5.74) is 7.74. The molecule has 1 unspecified atom stereocenters. The van der Waals surface area contributed by atoms with E-state index in [4.69, 9.17) is 5.73 Å². The Hall–Kier alpha value is -2.37. The lowest BCUT2D eigenvalue weighted by Crippen LogP contribution is -2.47. The van der Waals surface area contributed by atoms with Crippen LogP contribution in [0.1, 0.15) is 60.0 Å². The van der Waals surface area contributed by atoms with Crippen molar-refractivity contribution in [1.29, 1.82) is 0 Å². The maximum atomic E-state index is 12.7. The summed E-state index contributed by atoms with van der Waals surface area (Å²) in [5.74, 6) is 0.0155. The van der Waals surface area contributed by atoms with Crippen molar-refractivity contribution < 1.29 is 14.4 Å². The van der Waals surface area contributed by atoms with E-state index in [1.807, 2.05) is 6.07 Å². The Kier molecular flexibility index (Phi) is 4.89. The van der Waals surface area contributed by atoms with Crippen LogP contribution < -0.4 is 11.1 Å². The average molecular weight is 369 g/mol. The van der Waals surface area contributed by atoms with Gasteiger partial charge in [-0.3, -0.25) is 14.4 Å². The Morgan fingerprint density at radius 3 is 2.44 bits per heavy atom. The summed E-state index contributed by atoms with van der Waals surface area (Å²) in [7, 11) is 0. The highest BCUT2D eigenvalue weighted by molar-refractivity contribution is 6.35. The van der Waals surface area contributed by atoms with Gasteiger partial charge in [0.05, 0.1) is 0 Å². The maximum Gasteiger partial charge on any atom is 0.312 e. The first-order valence-electron chi connectivity index (χ1n) is 10.0. The van der Waals surface area contributed by atoms with E-state index >= 15 is 0 Å². The van der Waals surface area contributed by atoms with Crippen molar-refractivity contribution in [1.82, 2.24) is 10.2 Å². The third kappa shape index (κ3) is 3.57. The predicted molar refractivity (Wildman–Crippen MR) is 101 cm³/mol. The fourth-order valence-corrected chi connectivity index (χ4v) is 5.25. The number of nitrogens with one attached hydrogen (secondary N) is 1. The standard InChI is InChI=1S/C21H27N3O3/c22-19(25)18-7-3-6-15-12-24(9-8-17(15)18)21(27)20(26)23-16-10-13-4-1-2-5-14(13)11-16/h3,6-7,13-14,16H,1-2,4-5,8-12H2,(H2,22,25)(H,23,26)/t13-,14+,16?. The predicted octanol–water partition coefficient (Wildman–Crippen LogP) is 1.76. The number of rotatable bonds is 2. The summed E-state index contributed by atoms with van der Waals surface area (Å²) in [6.45, 7) is 0.776. The number of carbonyl (C=O) groups is 3. The molecule has 6 heteroatoms. The number of primary amides is 1. The van der Waals surface area contributed by atoms with Crippen LogP contribution in [0.2, 0.25) is 0 Å². The Morgan fingerprint density at radius 2 is 1.78 bits per heavy atom. The molecule has 1 aromatic rings. The van der Waals surface area contributed by atoms with Crippen molar-refractivity contribution in [3.63, 3.8) is 0 Å². The van der Waals surface area contributed by atoms with E-state index in [-0.39, 0.29) is 6.04 Å². The topological polar surface area (TPSA) is 92.5 Å². The SMILES string of the molecule is NC(=O)c1cccc2c1CCN(C(=O)C(=O)NC1C[C@H]3CCCC[C@H]3C1)C2. The monoisotopic (exact) mass is 369 g/mol. The first-order valence-corrected chi connectivity index (χ1v) is 10.0. The first-order chi connectivity index (χ1) is 13.0. The van der Waals surface area contributed by atoms with Gasteiger partial charge in [-0.05, 0) is 48.3 Å². The Morgan fingerprint density at radius 1 is 1.07 bits per heavy atom. The Labute approximate surface area is 159 Å². The van der Waals surface area contributed by atoms with E-state index in [1.165, 1.54) is 25.7 Å². The van der Waals surface area contributed by atoms with Gasteiger partial charge in [0.15, 0.2) is 0 Å². The third-order valence-electron chi connectivity index (χ3n) is 6.59. The van der Waals surface area contributed by atoms with Crippen molar-refractivity contribution in [3.8, 4) is 0 Å². The number of carbonyl (C=O) groups excluding carboxylic acids is 3. The van der Waals surface area contributed by atoms with E-state index in [9.17, 15) is 14.4 Å². The van der Waals surface area contributed by atoms with Crippen LogP contribution in [-0.4, -0.2) is 35.2 Å². The van der Waals surface area contributed by atoms with E-state index in [0.717, 1.165) is 24.0 Å². The van der Waals surface area contributed by atoms with Crippen molar-refractivity contribution >= 4 is 17.7 Å². The molecule has 3 atom stereocenters. The summed E-state index contributed by atoms with van der Waals surface area (Å²) in [6.07, 6.45) is 7.67. The zero-order valence-corrected chi connectivity index (χ0v) is 15.6. The van der Waals surface area contributed by atoms with Gasteiger partial charge in [0.25, 0.3) is 0 Å². The number of amides is 3. The number of nitrogens with two attached hydrogens (primary N) is 1. The van der Waals surface area contributed by atoms with E-state index in [2.05, 4.69) is 5.32 Å². The van der Waals surface area contributed by atoms with Crippen LogP contribution in [0.4, 0.5) is 0 Å². The third-order valence-corrected chi connectivity index (χ3v) is 6.59. The molecule has 2 aliphatic carbocycles. The van der Waals surface area contributed by atoms with Crippen LogP contribution in [0.3, 0.4) is 0 Å². The van der Waals surface area contributed by atoms with E-state index in [1.54, 1.807) is 17.0 Å². The number of hydrogen-bond acceptors (Lipinski definition) is 3. The summed E-state index contributed by atoms with van der Waals surface area (Å²) in [5, 5.41) is 2.98. The molecular formula is C21H27N3O3. The van der Waals surface area contributed by atoms with Crippen molar-refractivity contribution in [2.24, 2.45) is 17.6 Å². The van der Waals surface area contributed by atoms with Crippen LogP contribution >= 0.6 is 0 Å². The van der Waals surface area contributed by atoms with Crippen LogP contribution in [0.5, 0.6) is 0 Å². The van der Waals surface area contributed by atoms with Gasteiger partial charge in [-0.15, -0.1) is 0 Å². The number of benzene rings is 1. The smallest absolute Gasteiger partial charge is 0.312 e. The summed E-state index contributed by atoms with van der Waals surface area (Å²) in [4.78, 5) is 38.3. The molecule has 27 heavy (non-hydrogen) atoms. The van der Waals surface area contributed by atoms with Gasteiger partial charge in [-0.1, -0.05) is 37.8 Å². The highest BCUT2D eigenvalue weighted by Gasteiger charge is 2.37. The summed E-state index contributed by atoms with van der Waals surface area (Å²) < 4.78 is 0. The number of nitrogens with zero attached hydrogens (tertiary/aromatic N) is 1. The summed E-state index contributed by atoms with van der Waals surface area (Å²) in [6, 6.07) is 5.51. The lowest BCUT2D eigenvalue weighted by atomic mass is 9.82. The van der Waals surface area contributed by atoms with Gasteiger partial charge in [0.1, 0.15) is 0 Å². The van der Waals surface area contributed by atoms with Gasteiger partial charge in [0, 0.05) is 24.7 Å². The molecule has 3 N–H and O–H groups in total. The minimum absolute atomic E-state index is 0.132. The molecule has 1 aliphatic heterocycles. The second-order valence-electron chi connectivity index (χ2n) is 8.23. The van der Waals surface area contributed by atoms with Crippen LogP contribution in [0, 0.1) is 11.8 Å². The van der Waals surface area contributed by atoms with Crippen molar-refractivity contribution in [2.45, 2.75) is 57.5 Å². The molecule has 0 bridgehead atoms. The van der Waals surface area contributed by atoms with Gasteiger partial charge in [-0.2, -0.15) is 0 Å². The summed E-state index contributed by atoms with van der Waals surface area (Å²) >= 11 is 0. The Bertz CT molecular complexity index is 762. The molecular weight excluding hydrogens is 342 g/mol. The molecule has 1 heterocycles. The fraction of sp³-hybridized carbons (Fsp3) is 0.571. The second kappa shape index (κ2) is 7.33. The molecule has 0 aromatic heterocycles. The molecule has 0 saturated heterocycles. The number of fused-ring (bicyclic) bond motifs is 2. The van der Waals surface area contributed by atoms with E-state index in [0.29, 0.717) is 36.9 Å². The normalized spacial score (nSPS) is 26.8. The minimum atomic E-state index is -0.492. The molecule has 1 aromatic carbocycles. The quantitative estimate of drug-likeness (QED) is 0.778. The van der Waals surface area contributed by atoms with Crippen LogP contribution in [0.15, 0.2) is 18.2 Å². The molecule has 3 aliphatic rings.